The first kappa shape index (κ1) is 12.8. The van der Waals surface area contributed by atoms with Crippen molar-refractivity contribution < 1.29 is 4.39 Å². The van der Waals surface area contributed by atoms with Gasteiger partial charge in [0.15, 0.2) is 0 Å². The van der Waals surface area contributed by atoms with Crippen LogP contribution in [0.15, 0.2) is 48.8 Å². The van der Waals surface area contributed by atoms with Gasteiger partial charge in [0.1, 0.15) is 5.82 Å². The van der Waals surface area contributed by atoms with Crippen LogP contribution in [-0.2, 0) is 0 Å². The van der Waals surface area contributed by atoms with E-state index in [0.29, 0.717) is 10.9 Å². The van der Waals surface area contributed by atoms with Crippen molar-refractivity contribution in [2.24, 2.45) is 5.92 Å². The minimum Gasteiger partial charge on any atom is -0.378 e. The van der Waals surface area contributed by atoms with Crippen LogP contribution in [0.3, 0.4) is 0 Å². The van der Waals surface area contributed by atoms with E-state index in [9.17, 15) is 4.39 Å². The molecule has 3 atom stereocenters. The van der Waals surface area contributed by atoms with Crippen LogP contribution in [-0.4, -0.2) is 4.98 Å². The van der Waals surface area contributed by atoms with E-state index in [0.717, 1.165) is 23.2 Å². The average molecular weight is 301 g/mol. The first-order valence-electron chi connectivity index (χ1n) is 7.05. The lowest BCUT2D eigenvalue weighted by atomic mass is 9.77. The van der Waals surface area contributed by atoms with Gasteiger partial charge in [0.25, 0.3) is 0 Å². The number of nitrogens with zero attached hydrogens (tertiary/aromatic N) is 1. The Labute approximate surface area is 127 Å². The molecule has 1 aromatic heterocycles. The molecule has 0 fully saturated rings. The molecule has 0 unspecified atom stereocenters. The molecule has 2 nitrogen and oxygen atoms in total. The summed E-state index contributed by atoms with van der Waals surface area (Å²) in [6.07, 6.45) is 8.84. The van der Waals surface area contributed by atoms with Crippen LogP contribution >= 0.6 is 11.6 Å². The van der Waals surface area contributed by atoms with E-state index in [1.807, 2.05) is 18.3 Å². The van der Waals surface area contributed by atoms with Gasteiger partial charge in [0, 0.05) is 24.0 Å². The molecule has 0 radical (unpaired) electrons. The van der Waals surface area contributed by atoms with E-state index < -0.39 is 0 Å². The SMILES string of the molecule is Fc1ccc2c(c1)[C@@H]1C=CC[C@@H]1[C@H](c1cncc(Cl)c1)N2. The number of rotatable bonds is 1. The highest BCUT2D eigenvalue weighted by molar-refractivity contribution is 6.30. The normalized spacial score (nSPS) is 26.1. The smallest absolute Gasteiger partial charge is 0.123 e. The molecule has 21 heavy (non-hydrogen) atoms. The zero-order valence-electron chi connectivity index (χ0n) is 11.3. The Morgan fingerprint density at radius 1 is 1.24 bits per heavy atom. The van der Waals surface area contributed by atoms with Gasteiger partial charge in [-0.1, -0.05) is 23.8 Å². The molecule has 1 aliphatic carbocycles. The van der Waals surface area contributed by atoms with Gasteiger partial charge in [-0.15, -0.1) is 0 Å². The van der Waals surface area contributed by atoms with Gasteiger partial charge < -0.3 is 5.32 Å². The number of hydrogen-bond donors (Lipinski definition) is 1. The van der Waals surface area contributed by atoms with Gasteiger partial charge in [0.2, 0.25) is 0 Å². The lowest BCUT2D eigenvalue weighted by Crippen LogP contribution is -2.29. The standard InChI is InChI=1S/C17H14ClFN2/c18-11-6-10(8-20-9-11)17-14-3-1-2-13(14)15-7-12(19)4-5-16(15)21-17/h1-2,4-9,13-14,17,21H,3H2/t13-,14+,17+/m1/s1. The van der Waals surface area contributed by atoms with Crippen LogP contribution in [0.5, 0.6) is 0 Å². The quantitative estimate of drug-likeness (QED) is 0.772. The summed E-state index contributed by atoms with van der Waals surface area (Å²) in [7, 11) is 0. The lowest BCUT2D eigenvalue weighted by molar-refractivity contribution is 0.423. The number of aromatic nitrogens is 1. The highest BCUT2D eigenvalue weighted by atomic mass is 35.5. The van der Waals surface area contributed by atoms with Crippen molar-refractivity contribution in [3.8, 4) is 0 Å². The van der Waals surface area contributed by atoms with Gasteiger partial charge in [-0.05, 0) is 47.7 Å². The Morgan fingerprint density at radius 2 is 2.14 bits per heavy atom. The zero-order chi connectivity index (χ0) is 14.4. The fourth-order valence-electron chi connectivity index (χ4n) is 3.49. The summed E-state index contributed by atoms with van der Waals surface area (Å²) in [4.78, 5) is 4.19. The topological polar surface area (TPSA) is 24.9 Å². The van der Waals surface area contributed by atoms with Crippen LogP contribution in [0.25, 0.3) is 0 Å². The lowest BCUT2D eigenvalue weighted by Gasteiger charge is -2.37. The number of hydrogen-bond acceptors (Lipinski definition) is 2. The van der Waals surface area contributed by atoms with Crippen molar-refractivity contribution in [2.75, 3.05) is 5.32 Å². The molecule has 1 aromatic carbocycles. The third-order valence-electron chi connectivity index (χ3n) is 4.41. The summed E-state index contributed by atoms with van der Waals surface area (Å²) in [5.74, 6) is 0.443. The number of nitrogens with one attached hydrogen (secondary N) is 1. The molecular weight excluding hydrogens is 287 g/mol. The van der Waals surface area contributed by atoms with E-state index >= 15 is 0 Å². The van der Waals surface area contributed by atoms with Crippen LogP contribution in [0.4, 0.5) is 10.1 Å². The van der Waals surface area contributed by atoms with Crippen molar-refractivity contribution in [3.63, 3.8) is 0 Å². The average Bonchev–Trinajstić information content (AvgIpc) is 2.96. The monoisotopic (exact) mass is 300 g/mol. The highest BCUT2D eigenvalue weighted by Crippen LogP contribution is 2.49. The van der Waals surface area contributed by atoms with Gasteiger partial charge in [-0.2, -0.15) is 0 Å². The summed E-state index contributed by atoms with van der Waals surface area (Å²) in [6.45, 7) is 0. The summed E-state index contributed by atoms with van der Waals surface area (Å²) in [5, 5.41) is 4.17. The fourth-order valence-corrected chi connectivity index (χ4v) is 3.68. The van der Waals surface area contributed by atoms with Crippen LogP contribution in [0.2, 0.25) is 5.02 Å². The largest absolute Gasteiger partial charge is 0.378 e. The number of anilines is 1. The molecule has 4 rings (SSSR count). The summed E-state index contributed by atoms with van der Waals surface area (Å²) in [5.41, 5.74) is 3.12. The molecule has 106 valence electrons. The first-order valence-corrected chi connectivity index (χ1v) is 7.43. The maximum atomic E-state index is 13.5. The maximum Gasteiger partial charge on any atom is 0.123 e. The molecule has 1 aliphatic heterocycles. The fraction of sp³-hybridized carbons (Fsp3) is 0.235. The Kier molecular flexibility index (Phi) is 2.96. The number of allylic oxidation sites excluding steroid dienone is 2. The van der Waals surface area contributed by atoms with Crippen molar-refractivity contribution in [3.05, 3.63) is 70.8 Å². The van der Waals surface area contributed by atoms with Crippen molar-refractivity contribution >= 4 is 17.3 Å². The van der Waals surface area contributed by atoms with Crippen molar-refractivity contribution in [2.45, 2.75) is 18.4 Å². The second-order valence-electron chi connectivity index (χ2n) is 5.64. The Morgan fingerprint density at radius 3 is 3.00 bits per heavy atom. The van der Waals surface area contributed by atoms with Gasteiger partial charge in [-0.3, -0.25) is 4.98 Å². The minimum atomic E-state index is -0.183. The van der Waals surface area contributed by atoms with Gasteiger partial charge >= 0.3 is 0 Å². The first-order chi connectivity index (χ1) is 10.2. The second-order valence-corrected chi connectivity index (χ2v) is 6.08. The summed E-state index contributed by atoms with van der Waals surface area (Å²) >= 11 is 6.07. The van der Waals surface area contributed by atoms with E-state index in [4.69, 9.17) is 11.6 Å². The van der Waals surface area contributed by atoms with E-state index in [1.165, 1.54) is 6.07 Å². The summed E-state index contributed by atoms with van der Waals surface area (Å²) < 4.78 is 13.5. The molecule has 0 amide bonds. The number of pyridine rings is 1. The number of benzene rings is 1. The van der Waals surface area contributed by atoms with Crippen molar-refractivity contribution in [1.82, 2.24) is 4.98 Å². The van der Waals surface area contributed by atoms with E-state index in [-0.39, 0.29) is 17.8 Å². The molecule has 2 aromatic rings. The van der Waals surface area contributed by atoms with Crippen molar-refractivity contribution in [1.29, 1.82) is 0 Å². The zero-order valence-corrected chi connectivity index (χ0v) is 12.0. The molecule has 0 saturated heterocycles. The maximum absolute atomic E-state index is 13.5. The van der Waals surface area contributed by atoms with E-state index in [2.05, 4.69) is 22.5 Å². The predicted octanol–water partition coefficient (Wildman–Crippen LogP) is 4.70. The molecule has 4 heteroatoms. The highest BCUT2D eigenvalue weighted by Gasteiger charge is 2.38. The Balaban J connectivity index is 1.80. The Hall–Kier alpha value is -1.87. The van der Waals surface area contributed by atoms with E-state index in [1.54, 1.807) is 12.3 Å². The second kappa shape index (κ2) is 4.85. The molecule has 2 heterocycles. The molecule has 2 aliphatic rings. The molecule has 0 bridgehead atoms. The van der Waals surface area contributed by atoms with Gasteiger partial charge in [0.05, 0.1) is 11.1 Å². The third kappa shape index (κ3) is 2.12. The molecule has 0 spiro atoms. The molecule has 0 saturated carbocycles. The van der Waals surface area contributed by atoms with Gasteiger partial charge in [-0.25, -0.2) is 4.39 Å². The van der Waals surface area contributed by atoms with Crippen LogP contribution in [0.1, 0.15) is 29.5 Å². The van der Waals surface area contributed by atoms with Crippen LogP contribution < -0.4 is 5.32 Å². The number of halogens is 2. The molecular formula is C17H14ClFN2. The predicted molar refractivity (Wildman–Crippen MR) is 82.0 cm³/mol. The van der Waals surface area contributed by atoms with Crippen LogP contribution in [0, 0.1) is 11.7 Å². The number of fused-ring (bicyclic) bond motifs is 3. The Bertz CT molecular complexity index is 728. The summed E-state index contributed by atoms with van der Waals surface area (Å²) in [6, 6.07) is 7.06. The third-order valence-corrected chi connectivity index (χ3v) is 4.62. The minimum absolute atomic E-state index is 0.147. The molecule has 1 N–H and O–H groups in total.